The monoisotopic (exact) mass is 272 g/mol. The third kappa shape index (κ3) is 2.79. The second kappa shape index (κ2) is 5.99. The molecule has 2 aromatic rings. The van der Waals surface area contributed by atoms with Gasteiger partial charge in [0.2, 0.25) is 0 Å². The Kier molecular flexibility index (Phi) is 4.32. The van der Waals surface area contributed by atoms with Crippen LogP contribution in [0.15, 0.2) is 30.3 Å². The number of aromatic nitrogens is 2. The molecule has 0 fully saturated rings. The molecule has 0 saturated carbocycles. The first-order chi connectivity index (χ1) is 9.54. The second-order valence-electron chi connectivity index (χ2n) is 5.36. The summed E-state index contributed by atoms with van der Waals surface area (Å²) in [5.41, 5.74) is 9.22. The number of nitrogens with zero attached hydrogens (tertiary/aromatic N) is 3. The van der Waals surface area contributed by atoms with Gasteiger partial charge < -0.3 is 10.6 Å². The van der Waals surface area contributed by atoms with Crippen molar-refractivity contribution in [1.82, 2.24) is 9.78 Å². The number of benzene rings is 1. The van der Waals surface area contributed by atoms with Gasteiger partial charge in [0.1, 0.15) is 0 Å². The average Bonchev–Trinajstić information content (AvgIpc) is 2.74. The van der Waals surface area contributed by atoms with Crippen LogP contribution in [0.5, 0.6) is 0 Å². The van der Waals surface area contributed by atoms with Gasteiger partial charge in [0.05, 0.1) is 11.4 Å². The van der Waals surface area contributed by atoms with Gasteiger partial charge in [-0.15, -0.1) is 0 Å². The molecule has 2 rings (SSSR count). The van der Waals surface area contributed by atoms with E-state index in [0.29, 0.717) is 6.04 Å². The van der Waals surface area contributed by atoms with Crippen molar-refractivity contribution in [3.63, 3.8) is 0 Å². The largest absolute Gasteiger partial charge is 0.394 e. The van der Waals surface area contributed by atoms with Crippen LogP contribution >= 0.6 is 0 Å². The average molecular weight is 272 g/mol. The van der Waals surface area contributed by atoms with E-state index in [0.717, 1.165) is 30.3 Å². The Balaban J connectivity index is 2.37. The summed E-state index contributed by atoms with van der Waals surface area (Å²) in [6.45, 7) is 10.1. The quantitative estimate of drug-likeness (QED) is 0.907. The van der Waals surface area contributed by atoms with Crippen LogP contribution < -0.4 is 10.6 Å². The van der Waals surface area contributed by atoms with Crippen LogP contribution in [0.1, 0.15) is 38.1 Å². The van der Waals surface area contributed by atoms with Gasteiger partial charge >= 0.3 is 0 Å². The Morgan fingerprint density at radius 2 is 1.90 bits per heavy atom. The van der Waals surface area contributed by atoms with E-state index in [1.807, 2.05) is 17.7 Å². The van der Waals surface area contributed by atoms with Crippen molar-refractivity contribution >= 4 is 11.5 Å². The second-order valence-corrected chi connectivity index (χ2v) is 5.36. The normalized spacial score (nSPS) is 11.1. The van der Waals surface area contributed by atoms with Gasteiger partial charge in [-0.1, -0.05) is 30.3 Å². The SMILES string of the molecule is CCN(Cc1ccccc1)c1c(N)c(C)nn1C(C)C. The minimum absolute atomic E-state index is 0.297. The molecule has 1 aromatic carbocycles. The van der Waals surface area contributed by atoms with Crippen LogP contribution in [0.2, 0.25) is 0 Å². The summed E-state index contributed by atoms with van der Waals surface area (Å²) in [7, 11) is 0. The van der Waals surface area contributed by atoms with Crippen molar-refractivity contribution in [2.24, 2.45) is 0 Å². The lowest BCUT2D eigenvalue weighted by Crippen LogP contribution is -2.26. The molecule has 0 aliphatic carbocycles. The van der Waals surface area contributed by atoms with E-state index < -0.39 is 0 Å². The molecular weight excluding hydrogens is 248 g/mol. The summed E-state index contributed by atoms with van der Waals surface area (Å²) in [6.07, 6.45) is 0. The van der Waals surface area contributed by atoms with Crippen LogP contribution in [-0.2, 0) is 6.54 Å². The minimum atomic E-state index is 0.297. The number of nitrogen functional groups attached to an aromatic ring is 1. The van der Waals surface area contributed by atoms with Gasteiger partial charge in [0.15, 0.2) is 5.82 Å². The number of hydrogen-bond donors (Lipinski definition) is 1. The lowest BCUT2D eigenvalue weighted by atomic mass is 10.2. The van der Waals surface area contributed by atoms with E-state index >= 15 is 0 Å². The molecule has 4 nitrogen and oxygen atoms in total. The number of rotatable bonds is 5. The zero-order valence-corrected chi connectivity index (χ0v) is 12.8. The molecule has 0 unspecified atom stereocenters. The molecule has 0 atom stereocenters. The molecule has 0 aliphatic rings. The predicted octanol–water partition coefficient (Wildman–Crippen LogP) is 3.38. The van der Waals surface area contributed by atoms with Crippen molar-refractivity contribution in [3.8, 4) is 0 Å². The van der Waals surface area contributed by atoms with E-state index in [1.54, 1.807) is 0 Å². The van der Waals surface area contributed by atoms with E-state index in [1.165, 1.54) is 5.56 Å². The maximum Gasteiger partial charge on any atom is 0.151 e. The third-order valence-corrected chi connectivity index (χ3v) is 3.49. The molecule has 20 heavy (non-hydrogen) atoms. The first-order valence-electron chi connectivity index (χ1n) is 7.18. The summed E-state index contributed by atoms with van der Waals surface area (Å²) in [4.78, 5) is 2.28. The van der Waals surface area contributed by atoms with Crippen LogP contribution in [0.4, 0.5) is 11.5 Å². The first kappa shape index (κ1) is 14.4. The zero-order valence-electron chi connectivity index (χ0n) is 12.8. The van der Waals surface area contributed by atoms with Crippen LogP contribution in [-0.4, -0.2) is 16.3 Å². The molecular formula is C16H24N4. The van der Waals surface area contributed by atoms with Gasteiger partial charge in [-0.25, -0.2) is 4.68 Å². The van der Waals surface area contributed by atoms with Gasteiger partial charge in [-0.3, -0.25) is 0 Å². The molecule has 4 heteroatoms. The predicted molar refractivity (Wildman–Crippen MR) is 84.9 cm³/mol. The van der Waals surface area contributed by atoms with Crippen LogP contribution in [0, 0.1) is 6.92 Å². The van der Waals surface area contributed by atoms with Crippen LogP contribution in [0.3, 0.4) is 0 Å². The Labute approximate surface area is 121 Å². The van der Waals surface area contributed by atoms with Gasteiger partial charge in [-0.05, 0) is 33.3 Å². The first-order valence-corrected chi connectivity index (χ1v) is 7.18. The molecule has 0 bridgehead atoms. The van der Waals surface area contributed by atoms with Gasteiger partial charge in [-0.2, -0.15) is 5.10 Å². The topological polar surface area (TPSA) is 47.1 Å². The summed E-state index contributed by atoms with van der Waals surface area (Å²) in [5, 5.41) is 4.57. The van der Waals surface area contributed by atoms with E-state index in [-0.39, 0.29) is 0 Å². The Morgan fingerprint density at radius 1 is 1.25 bits per heavy atom. The fraction of sp³-hybridized carbons (Fsp3) is 0.438. The number of aryl methyl sites for hydroxylation is 1. The molecule has 0 spiro atoms. The summed E-state index contributed by atoms with van der Waals surface area (Å²) in [5.74, 6) is 1.03. The molecule has 0 saturated heterocycles. The molecule has 0 amide bonds. The van der Waals surface area contributed by atoms with Crippen molar-refractivity contribution in [2.45, 2.75) is 40.3 Å². The maximum absolute atomic E-state index is 6.25. The Morgan fingerprint density at radius 3 is 2.45 bits per heavy atom. The Bertz CT molecular complexity index is 557. The summed E-state index contributed by atoms with van der Waals surface area (Å²) >= 11 is 0. The summed E-state index contributed by atoms with van der Waals surface area (Å²) < 4.78 is 2.02. The minimum Gasteiger partial charge on any atom is -0.394 e. The third-order valence-electron chi connectivity index (χ3n) is 3.49. The van der Waals surface area contributed by atoms with Gasteiger partial charge in [0.25, 0.3) is 0 Å². The number of hydrogen-bond acceptors (Lipinski definition) is 3. The molecule has 108 valence electrons. The van der Waals surface area contributed by atoms with E-state index in [2.05, 4.69) is 55.0 Å². The van der Waals surface area contributed by atoms with Crippen molar-refractivity contribution in [3.05, 3.63) is 41.6 Å². The van der Waals surface area contributed by atoms with Gasteiger partial charge in [0, 0.05) is 19.1 Å². The number of anilines is 2. The molecule has 2 N–H and O–H groups in total. The van der Waals surface area contributed by atoms with Crippen LogP contribution in [0.25, 0.3) is 0 Å². The standard InChI is InChI=1S/C16H24N4/c1-5-19(11-14-9-7-6-8-10-14)16-15(17)13(4)18-20(16)12(2)3/h6-10,12H,5,11,17H2,1-4H3. The highest BCUT2D eigenvalue weighted by molar-refractivity contribution is 5.66. The fourth-order valence-electron chi connectivity index (χ4n) is 2.36. The fourth-order valence-corrected chi connectivity index (χ4v) is 2.36. The zero-order chi connectivity index (χ0) is 14.7. The van der Waals surface area contributed by atoms with E-state index in [4.69, 9.17) is 5.73 Å². The highest BCUT2D eigenvalue weighted by Crippen LogP contribution is 2.30. The maximum atomic E-state index is 6.25. The smallest absolute Gasteiger partial charge is 0.151 e. The molecule has 0 aliphatic heterocycles. The molecule has 1 aromatic heterocycles. The van der Waals surface area contributed by atoms with Crippen molar-refractivity contribution < 1.29 is 0 Å². The van der Waals surface area contributed by atoms with E-state index in [9.17, 15) is 0 Å². The Hall–Kier alpha value is -1.97. The summed E-state index contributed by atoms with van der Waals surface area (Å²) in [6, 6.07) is 10.8. The lowest BCUT2D eigenvalue weighted by Gasteiger charge is -2.26. The van der Waals surface area contributed by atoms with Crippen molar-refractivity contribution in [1.29, 1.82) is 0 Å². The highest BCUT2D eigenvalue weighted by atomic mass is 15.4. The molecule has 1 heterocycles. The highest BCUT2D eigenvalue weighted by Gasteiger charge is 2.19. The number of nitrogens with two attached hydrogens (primary N) is 1. The lowest BCUT2D eigenvalue weighted by molar-refractivity contribution is 0.522. The molecule has 0 radical (unpaired) electrons. The van der Waals surface area contributed by atoms with Crippen molar-refractivity contribution in [2.75, 3.05) is 17.2 Å².